The minimum absolute atomic E-state index is 0.0516. The van der Waals surface area contributed by atoms with E-state index in [0.29, 0.717) is 6.42 Å². The SMILES string of the molecule is COc1cccc(CCC(=O)NC(C)(C(=O)O)C2CC2)c1. The van der Waals surface area contributed by atoms with Crippen LogP contribution in [0.15, 0.2) is 24.3 Å². The number of carbonyl (C=O) groups is 2. The Hall–Kier alpha value is -2.04. The first kappa shape index (κ1) is 15.4. The molecule has 0 bridgehead atoms. The molecule has 0 aliphatic heterocycles. The molecule has 1 aromatic rings. The minimum Gasteiger partial charge on any atom is -0.497 e. The van der Waals surface area contributed by atoms with Gasteiger partial charge in [-0.3, -0.25) is 4.79 Å². The molecule has 0 saturated heterocycles. The van der Waals surface area contributed by atoms with Crippen molar-refractivity contribution in [1.29, 1.82) is 0 Å². The highest BCUT2D eigenvalue weighted by atomic mass is 16.5. The van der Waals surface area contributed by atoms with E-state index in [9.17, 15) is 14.7 Å². The van der Waals surface area contributed by atoms with Gasteiger partial charge in [0.25, 0.3) is 0 Å². The van der Waals surface area contributed by atoms with Gasteiger partial charge in [-0.15, -0.1) is 0 Å². The van der Waals surface area contributed by atoms with E-state index in [0.717, 1.165) is 24.2 Å². The molecule has 0 heterocycles. The summed E-state index contributed by atoms with van der Waals surface area (Å²) < 4.78 is 5.14. The maximum Gasteiger partial charge on any atom is 0.329 e. The number of nitrogens with one attached hydrogen (secondary N) is 1. The molecule has 0 radical (unpaired) electrons. The van der Waals surface area contributed by atoms with Gasteiger partial charge in [-0.2, -0.15) is 0 Å². The zero-order valence-electron chi connectivity index (χ0n) is 12.4. The molecule has 1 atom stereocenters. The summed E-state index contributed by atoms with van der Waals surface area (Å²) in [5, 5.41) is 12.0. The second-order valence-electron chi connectivity index (χ2n) is 5.68. The molecule has 1 unspecified atom stereocenters. The average molecular weight is 291 g/mol. The molecule has 5 heteroatoms. The average Bonchev–Trinajstić information content (AvgIpc) is 3.30. The number of benzene rings is 1. The Kier molecular flexibility index (Phi) is 4.50. The first-order chi connectivity index (χ1) is 9.95. The molecule has 114 valence electrons. The number of carboxylic acid groups (broad SMARTS) is 1. The summed E-state index contributed by atoms with van der Waals surface area (Å²) in [6, 6.07) is 7.52. The van der Waals surface area contributed by atoms with Gasteiger partial charge in [0.2, 0.25) is 5.91 Å². The fraction of sp³-hybridized carbons (Fsp3) is 0.500. The van der Waals surface area contributed by atoms with Crippen LogP contribution < -0.4 is 10.1 Å². The van der Waals surface area contributed by atoms with Gasteiger partial charge in [-0.25, -0.2) is 4.79 Å². The molecule has 1 fully saturated rings. The van der Waals surface area contributed by atoms with Crippen molar-refractivity contribution in [2.45, 2.75) is 38.1 Å². The number of rotatable bonds is 7. The lowest BCUT2D eigenvalue weighted by Crippen LogP contribution is -2.54. The fourth-order valence-electron chi connectivity index (χ4n) is 2.43. The molecule has 1 amide bonds. The highest BCUT2D eigenvalue weighted by Gasteiger charge is 2.48. The molecule has 1 aromatic carbocycles. The molecule has 0 aromatic heterocycles. The van der Waals surface area contributed by atoms with Gasteiger partial charge in [0, 0.05) is 6.42 Å². The van der Waals surface area contributed by atoms with Crippen LogP contribution in [0.2, 0.25) is 0 Å². The van der Waals surface area contributed by atoms with Crippen molar-refractivity contribution in [3.63, 3.8) is 0 Å². The number of aliphatic carboxylic acids is 1. The van der Waals surface area contributed by atoms with Crippen molar-refractivity contribution in [3.05, 3.63) is 29.8 Å². The molecular formula is C16H21NO4. The van der Waals surface area contributed by atoms with Crippen LogP contribution in [0.4, 0.5) is 0 Å². The molecule has 2 N–H and O–H groups in total. The molecular weight excluding hydrogens is 270 g/mol. The van der Waals surface area contributed by atoms with E-state index < -0.39 is 11.5 Å². The maximum atomic E-state index is 12.0. The minimum atomic E-state index is -1.13. The van der Waals surface area contributed by atoms with Crippen LogP contribution in [-0.4, -0.2) is 29.6 Å². The topological polar surface area (TPSA) is 75.6 Å². The lowest BCUT2D eigenvalue weighted by atomic mass is 9.95. The van der Waals surface area contributed by atoms with Crippen LogP contribution in [0.5, 0.6) is 5.75 Å². The zero-order valence-corrected chi connectivity index (χ0v) is 12.4. The van der Waals surface area contributed by atoms with Crippen molar-refractivity contribution in [2.24, 2.45) is 5.92 Å². The number of methoxy groups -OCH3 is 1. The van der Waals surface area contributed by atoms with Gasteiger partial charge >= 0.3 is 5.97 Å². The van der Waals surface area contributed by atoms with Gasteiger partial charge < -0.3 is 15.2 Å². The second kappa shape index (κ2) is 6.16. The summed E-state index contributed by atoms with van der Waals surface area (Å²) in [6.07, 6.45) is 2.55. The third kappa shape index (κ3) is 3.74. The largest absolute Gasteiger partial charge is 0.497 e. The number of aryl methyl sites for hydroxylation is 1. The third-order valence-electron chi connectivity index (χ3n) is 4.01. The molecule has 21 heavy (non-hydrogen) atoms. The van der Waals surface area contributed by atoms with Gasteiger partial charge in [-0.05, 0) is 49.8 Å². The van der Waals surface area contributed by atoms with Gasteiger partial charge in [-0.1, -0.05) is 12.1 Å². The first-order valence-corrected chi connectivity index (χ1v) is 7.13. The molecule has 1 aliphatic carbocycles. The second-order valence-corrected chi connectivity index (χ2v) is 5.68. The van der Waals surface area contributed by atoms with E-state index in [1.165, 1.54) is 0 Å². The molecule has 2 rings (SSSR count). The predicted octanol–water partition coefficient (Wildman–Crippen LogP) is 2.00. The summed E-state index contributed by atoms with van der Waals surface area (Å²) in [4.78, 5) is 23.4. The highest BCUT2D eigenvalue weighted by Crippen LogP contribution is 2.39. The zero-order chi connectivity index (χ0) is 15.5. The summed E-state index contributed by atoms with van der Waals surface area (Å²) in [5.41, 5.74) is -0.140. The third-order valence-corrected chi connectivity index (χ3v) is 4.01. The Morgan fingerprint density at radius 1 is 1.43 bits per heavy atom. The van der Waals surface area contributed by atoms with Crippen LogP contribution in [0, 0.1) is 5.92 Å². The van der Waals surface area contributed by atoms with Crippen LogP contribution >= 0.6 is 0 Å². The normalized spacial score (nSPS) is 16.9. The Balaban J connectivity index is 1.90. The Morgan fingerprint density at radius 2 is 2.14 bits per heavy atom. The van der Waals surface area contributed by atoms with E-state index in [1.807, 2.05) is 24.3 Å². The number of amides is 1. The first-order valence-electron chi connectivity index (χ1n) is 7.13. The molecule has 1 saturated carbocycles. The van der Waals surface area contributed by atoms with Gasteiger partial charge in [0.05, 0.1) is 7.11 Å². The van der Waals surface area contributed by atoms with E-state index in [2.05, 4.69) is 5.32 Å². The molecule has 5 nitrogen and oxygen atoms in total. The lowest BCUT2D eigenvalue weighted by molar-refractivity contribution is -0.147. The smallest absolute Gasteiger partial charge is 0.329 e. The number of carboxylic acids is 1. The van der Waals surface area contributed by atoms with Gasteiger partial charge in [0.15, 0.2) is 0 Å². The van der Waals surface area contributed by atoms with E-state index in [-0.39, 0.29) is 18.2 Å². The van der Waals surface area contributed by atoms with Crippen molar-refractivity contribution in [3.8, 4) is 5.75 Å². The summed E-state index contributed by atoms with van der Waals surface area (Å²) in [5.74, 6) is -0.383. The van der Waals surface area contributed by atoms with Crippen LogP contribution in [0.3, 0.4) is 0 Å². The number of ether oxygens (including phenoxy) is 1. The van der Waals surface area contributed by atoms with Crippen molar-refractivity contribution in [2.75, 3.05) is 7.11 Å². The molecule has 0 spiro atoms. The van der Waals surface area contributed by atoms with Crippen LogP contribution in [0.25, 0.3) is 0 Å². The summed E-state index contributed by atoms with van der Waals surface area (Å²) in [6.45, 7) is 1.59. The number of hydrogen-bond acceptors (Lipinski definition) is 3. The van der Waals surface area contributed by atoms with E-state index in [4.69, 9.17) is 4.74 Å². The highest BCUT2D eigenvalue weighted by molar-refractivity contribution is 5.87. The number of carbonyl (C=O) groups excluding carboxylic acids is 1. The van der Waals surface area contributed by atoms with Crippen LogP contribution in [0.1, 0.15) is 31.7 Å². The Labute approximate surface area is 124 Å². The van der Waals surface area contributed by atoms with Gasteiger partial charge in [0.1, 0.15) is 11.3 Å². The van der Waals surface area contributed by atoms with E-state index in [1.54, 1.807) is 14.0 Å². The van der Waals surface area contributed by atoms with Crippen molar-refractivity contribution in [1.82, 2.24) is 5.32 Å². The predicted molar refractivity (Wildman–Crippen MR) is 78.2 cm³/mol. The van der Waals surface area contributed by atoms with E-state index >= 15 is 0 Å². The van der Waals surface area contributed by atoms with Crippen molar-refractivity contribution >= 4 is 11.9 Å². The summed E-state index contributed by atoms with van der Waals surface area (Å²) >= 11 is 0. The fourth-order valence-corrected chi connectivity index (χ4v) is 2.43. The molecule has 1 aliphatic rings. The monoisotopic (exact) mass is 291 g/mol. The Bertz CT molecular complexity index is 539. The lowest BCUT2D eigenvalue weighted by Gasteiger charge is -2.26. The maximum absolute atomic E-state index is 12.0. The van der Waals surface area contributed by atoms with Crippen LogP contribution in [-0.2, 0) is 16.0 Å². The Morgan fingerprint density at radius 3 is 2.71 bits per heavy atom. The summed E-state index contributed by atoms with van der Waals surface area (Å²) in [7, 11) is 1.60. The quantitative estimate of drug-likeness (QED) is 0.805. The van der Waals surface area contributed by atoms with Crippen molar-refractivity contribution < 1.29 is 19.4 Å². The number of hydrogen-bond donors (Lipinski definition) is 2. The standard InChI is InChI=1S/C16H21NO4/c1-16(15(19)20,12-7-8-12)17-14(18)9-6-11-4-3-5-13(10-11)21-2/h3-5,10,12H,6-9H2,1-2H3,(H,17,18)(H,19,20).